The van der Waals surface area contributed by atoms with Crippen molar-refractivity contribution in [2.75, 3.05) is 26.2 Å². The summed E-state index contributed by atoms with van der Waals surface area (Å²) >= 11 is 0. The minimum Gasteiger partial charge on any atom is -0.350 e. The highest BCUT2D eigenvalue weighted by atomic mass is 16.1. The predicted octanol–water partition coefficient (Wildman–Crippen LogP) is 2.01. The molecule has 24 heavy (non-hydrogen) atoms. The average molecular weight is 327 g/mol. The Morgan fingerprint density at radius 2 is 2.04 bits per heavy atom. The number of carbonyl (C=O) groups is 1. The first-order chi connectivity index (χ1) is 11.6. The van der Waals surface area contributed by atoms with E-state index in [1.54, 1.807) is 12.4 Å². The lowest BCUT2D eigenvalue weighted by Gasteiger charge is -2.32. The average Bonchev–Trinajstić information content (AvgIpc) is 2.84. The number of nitrogens with zero attached hydrogens (tertiary/aromatic N) is 4. The van der Waals surface area contributed by atoms with E-state index in [1.165, 1.54) is 6.54 Å². The van der Waals surface area contributed by atoms with E-state index >= 15 is 0 Å². The molecule has 128 valence electrons. The van der Waals surface area contributed by atoms with Crippen LogP contribution in [0.5, 0.6) is 0 Å². The van der Waals surface area contributed by atoms with Crippen LogP contribution in [-0.4, -0.2) is 51.5 Å². The normalized spacial score (nSPS) is 19.7. The van der Waals surface area contributed by atoms with Crippen molar-refractivity contribution >= 4 is 16.9 Å². The number of imidazole rings is 1. The lowest BCUT2D eigenvalue weighted by Crippen LogP contribution is -2.36. The molecular weight excluding hydrogens is 302 g/mol. The molecule has 0 aliphatic carbocycles. The van der Waals surface area contributed by atoms with Crippen LogP contribution in [0, 0.1) is 5.92 Å². The van der Waals surface area contributed by atoms with Crippen LogP contribution in [0.4, 0.5) is 0 Å². The molecule has 0 spiro atoms. The van der Waals surface area contributed by atoms with E-state index in [-0.39, 0.29) is 5.91 Å². The van der Waals surface area contributed by atoms with E-state index in [9.17, 15) is 4.79 Å². The molecule has 2 aromatic rings. The number of nitrogens with one attached hydrogen (secondary N) is 1. The molecule has 1 N–H and O–H groups in total. The number of aromatic nitrogens is 3. The first-order valence-electron chi connectivity index (χ1n) is 8.98. The maximum absolute atomic E-state index is 12.2. The minimum atomic E-state index is -0.0370. The second-order valence-electron chi connectivity index (χ2n) is 7.40. The summed E-state index contributed by atoms with van der Waals surface area (Å²) in [5.74, 6) is 2.29. The Hall–Kier alpha value is -1.95. The number of pyridine rings is 1. The molecule has 4 heterocycles. The van der Waals surface area contributed by atoms with E-state index in [0.29, 0.717) is 23.9 Å². The summed E-state index contributed by atoms with van der Waals surface area (Å²) in [4.78, 5) is 23.9. The van der Waals surface area contributed by atoms with Gasteiger partial charge in [-0.2, -0.15) is 0 Å². The number of carbonyl (C=O) groups excluding carboxylic acids is 1. The number of hydrogen-bond donors (Lipinski definition) is 1. The van der Waals surface area contributed by atoms with Crippen LogP contribution >= 0.6 is 0 Å². The Balaban J connectivity index is 1.65. The Morgan fingerprint density at radius 3 is 2.79 bits per heavy atom. The highest BCUT2D eigenvalue weighted by molar-refractivity contribution is 6.05. The van der Waals surface area contributed by atoms with Crippen molar-refractivity contribution in [3.05, 3.63) is 23.8 Å². The fraction of sp³-hybridized carbons (Fsp3) is 0.611. The van der Waals surface area contributed by atoms with Gasteiger partial charge in [0.1, 0.15) is 11.3 Å². The molecule has 1 amide bonds. The Morgan fingerprint density at radius 1 is 1.25 bits per heavy atom. The van der Waals surface area contributed by atoms with Gasteiger partial charge >= 0.3 is 0 Å². The molecule has 0 radical (unpaired) electrons. The smallest absolute Gasteiger partial charge is 0.255 e. The molecule has 0 atom stereocenters. The third kappa shape index (κ3) is 2.69. The van der Waals surface area contributed by atoms with Crippen LogP contribution in [0.15, 0.2) is 12.4 Å². The van der Waals surface area contributed by atoms with Gasteiger partial charge in [0.2, 0.25) is 0 Å². The van der Waals surface area contributed by atoms with Crippen LogP contribution in [0.1, 0.15) is 48.8 Å². The zero-order valence-electron chi connectivity index (χ0n) is 14.5. The molecular formula is C18H25N5O. The first-order valence-corrected chi connectivity index (χ1v) is 8.98. The lowest BCUT2D eigenvalue weighted by atomic mass is 9.95. The van der Waals surface area contributed by atoms with Crippen molar-refractivity contribution in [2.24, 2.45) is 5.92 Å². The zero-order chi connectivity index (χ0) is 16.7. The van der Waals surface area contributed by atoms with Gasteiger partial charge in [0, 0.05) is 31.7 Å². The fourth-order valence-electron chi connectivity index (χ4n) is 4.08. The molecule has 0 saturated carbocycles. The van der Waals surface area contributed by atoms with Crippen LogP contribution < -0.4 is 5.32 Å². The summed E-state index contributed by atoms with van der Waals surface area (Å²) in [6.45, 7) is 9.44. The van der Waals surface area contributed by atoms with Crippen LogP contribution in [-0.2, 0) is 6.54 Å². The van der Waals surface area contributed by atoms with Crippen LogP contribution in [0.3, 0.4) is 0 Å². The number of rotatable bonds is 3. The maximum Gasteiger partial charge on any atom is 0.255 e. The minimum absolute atomic E-state index is 0.0370. The van der Waals surface area contributed by atoms with Crippen molar-refractivity contribution in [3.8, 4) is 0 Å². The number of hydrogen-bond acceptors (Lipinski definition) is 4. The van der Waals surface area contributed by atoms with E-state index in [4.69, 9.17) is 4.98 Å². The second-order valence-corrected chi connectivity index (χ2v) is 7.40. The van der Waals surface area contributed by atoms with Gasteiger partial charge in [-0.25, -0.2) is 4.98 Å². The Bertz CT molecular complexity index is 758. The highest BCUT2D eigenvalue weighted by Gasteiger charge is 2.28. The maximum atomic E-state index is 12.2. The molecule has 0 bridgehead atoms. The van der Waals surface area contributed by atoms with Gasteiger partial charge in [0.05, 0.1) is 17.3 Å². The zero-order valence-corrected chi connectivity index (χ0v) is 14.5. The van der Waals surface area contributed by atoms with Gasteiger partial charge < -0.3 is 14.8 Å². The molecule has 0 unspecified atom stereocenters. The van der Waals surface area contributed by atoms with Gasteiger partial charge in [0.15, 0.2) is 0 Å². The summed E-state index contributed by atoms with van der Waals surface area (Å²) in [6.07, 6.45) is 5.72. The first kappa shape index (κ1) is 15.6. The van der Waals surface area contributed by atoms with Crippen molar-refractivity contribution < 1.29 is 4.79 Å². The van der Waals surface area contributed by atoms with Crippen molar-refractivity contribution in [2.45, 2.75) is 39.2 Å². The van der Waals surface area contributed by atoms with Gasteiger partial charge in [-0.15, -0.1) is 0 Å². The fourth-order valence-corrected chi connectivity index (χ4v) is 4.08. The van der Waals surface area contributed by atoms with E-state index < -0.39 is 0 Å². The number of likely N-dealkylation sites (tertiary alicyclic amines) is 1. The van der Waals surface area contributed by atoms with Gasteiger partial charge in [-0.1, -0.05) is 13.8 Å². The Kier molecular flexibility index (Phi) is 4.00. The molecule has 6 nitrogen and oxygen atoms in total. The van der Waals surface area contributed by atoms with Gasteiger partial charge in [-0.05, 0) is 31.8 Å². The molecule has 6 heteroatoms. The molecule has 1 saturated heterocycles. The SMILES string of the molecule is CC(C)CN1CCC(c2nc3cncc4c3n2CCNC4=O)CC1. The van der Waals surface area contributed by atoms with Gasteiger partial charge in [-0.3, -0.25) is 9.78 Å². The largest absolute Gasteiger partial charge is 0.350 e. The molecule has 1 fully saturated rings. The molecule has 2 aliphatic heterocycles. The monoisotopic (exact) mass is 327 g/mol. The summed E-state index contributed by atoms with van der Waals surface area (Å²) in [7, 11) is 0. The van der Waals surface area contributed by atoms with Crippen LogP contribution in [0.2, 0.25) is 0 Å². The van der Waals surface area contributed by atoms with E-state index in [2.05, 4.69) is 33.6 Å². The third-order valence-electron chi connectivity index (χ3n) is 5.12. The van der Waals surface area contributed by atoms with E-state index in [0.717, 1.165) is 49.3 Å². The molecule has 2 aliphatic rings. The topological polar surface area (TPSA) is 63.1 Å². The summed E-state index contributed by atoms with van der Waals surface area (Å²) < 4.78 is 2.26. The van der Waals surface area contributed by atoms with Crippen molar-refractivity contribution in [3.63, 3.8) is 0 Å². The predicted molar refractivity (Wildman–Crippen MR) is 93.1 cm³/mol. The number of piperidine rings is 1. The summed E-state index contributed by atoms with van der Waals surface area (Å²) in [5, 5.41) is 2.96. The molecule has 4 rings (SSSR count). The highest BCUT2D eigenvalue weighted by Crippen LogP contribution is 2.31. The molecule has 2 aromatic heterocycles. The third-order valence-corrected chi connectivity index (χ3v) is 5.12. The standard InChI is InChI=1S/C18H25N5O/c1-12(2)11-22-6-3-13(4-7-22)17-21-15-10-19-9-14-16(15)23(17)8-5-20-18(14)24/h9-10,12-13H,3-8,11H2,1-2H3,(H,20,24). The quantitative estimate of drug-likeness (QED) is 0.937. The Labute approximate surface area is 142 Å². The van der Waals surface area contributed by atoms with E-state index in [1.807, 2.05) is 0 Å². The van der Waals surface area contributed by atoms with Crippen molar-refractivity contribution in [1.29, 1.82) is 0 Å². The summed E-state index contributed by atoms with van der Waals surface area (Å²) in [6, 6.07) is 0. The van der Waals surface area contributed by atoms with Gasteiger partial charge in [0.25, 0.3) is 5.91 Å². The van der Waals surface area contributed by atoms with Crippen molar-refractivity contribution in [1.82, 2.24) is 24.8 Å². The van der Waals surface area contributed by atoms with Crippen LogP contribution in [0.25, 0.3) is 11.0 Å². The summed E-state index contributed by atoms with van der Waals surface area (Å²) in [5.41, 5.74) is 2.46. The molecule has 0 aromatic carbocycles. The number of amides is 1. The lowest BCUT2D eigenvalue weighted by molar-refractivity contribution is 0.0956. The second kappa shape index (κ2) is 6.16.